The van der Waals surface area contributed by atoms with Gasteiger partial charge in [-0.25, -0.2) is 0 Å². The fraction of sp³-hybridized carbons (Fsp3) is 0.0909. The highest BCUT2D eigenvalue weighted by Gasteiger charge is 2.06. The Morgan fingerprint density at radius 3 is 3.00 bits per heavy atom. The first-order valence-corrected chi connectivity index (χ1v) is 4.72. The van der Waals surface area contributed by atoms with Gasteiger partial charge in [0, 0.05) is 16.5 Å². The van der Waals surface area contributed by atoms with E-state index in [-0.39, 0.29) is 6.42 Å². The Kier molecular flexibility index (Phi) is 2.80. The summed E-state index contributed by atoms with van der Waals surface area (Å²) < 4.78 is 0. The third kappa shape index (κ3) is 1.99. The van der Waals surface area contributed by atoms with Gasteiger partial charge in [0.1, 0.15) is 0 Å². The zero-order chi connectivity index (χ0) is 11.4. The van der Waals surface area contributed by atoms with Crippen LogP contribution in [0.15, 0.2) is 41.6 Å². The summed E-state index contributed by atoms with van der Waals surface area (Å²) in [7, 11) is 0. The van der Waals surface area contributed by atoms with Crippen molar-refractivity contribution in [2.45, 2.75) is 6.42 Å². The number of nitrogens with zero attached hydrogens (tertiary/aromatic N) is 4. The van der Waals surface area contributed by atoms with Crippen LogP contribution in [0, 0.1) is 0 Å². The Bertz CT molecular complexity index is 582. The van der Waals surface area contributed by atoms with E-state index in [9.17, 15) is 4.79 Å². The maximum absolute atomic E-state index is 11.2. The van der Waals surface area contributed by atoms with Crippen LogP contribution in [0.3, 0.4) is 0 Å². The van der Waals surface area contributed by atoms with Crippen molar-refractivity contribution in [3.63, 3.8) is 0 Å². The van der Waals surface area contributed by atoms with Crippen LogP contribution in [0.25, 0.3) is 21.2 Å². The van der Waals surface area contributed by atoms with Gasteiger partial charge in [0.15, 0.2) is 0 Å². The van der Waals surface area contributed by atoms with Crippen molar-refractivity contribution < 1.29 is 4.79 Å². The molecule has 0 fully saturated rings. The molecule has 0 saturated heterocycles. The molecule has 0 aliphatic carbocycles. The van der Waals surface area contributed by atoms with Gasteiger partial charge >= 0.3 is 0 Å². The Labute approximate surface area is 91.4 Å². The van der Waals surface area contributed by atoms with Gasteiger partial charge in [-0.15, -0.1) is 0 Å². The summed E-state index contributed by atoms with van der Waals surface area (Å²) in [4.78, 5) is 17.8. The lowest BCUT2D eigenvalue weighted by atomic mass is 10.1. The molecule has 0 atom stereocenters. The van der Waals surface area contributed by atoms with Crippen LogP contribution in [-0.2, 0) is 11.2 Å². The number of fused-ring (bicyclic) bond motifs is 1. The topological polar surface area (TPSA) is 78.7 Å². The lowest BCUT2D eigenvalue weighted by molar-refractivity contribution is -0.117. The molecule has 5 nitrogen and oxygen atoms in total. The average molecular weight is 212 g/mol. The molecule has 1 amide bonds. The van der Waals surface area contributed by atoms with Crippen LogP contribution in [-0.4, -0.2) is 10.9 Å². The minimum absolute atomic E-state index is 0.0331. The molecule has 78 valence electrons. The van der Waals surface area contributed by atoms with Gasteiger partial charge in [-0.1, -0.05) is 24.3 Å². The predicted octanol–water partition coefficient (Wildman–Crippen LogP) is 2.61. The van der Waals surface area contributed by atoms with Crippen LogP contribution in [0.4, 0.5) is 0 Å². The first-order valence-electron chi connectivity index (χ1n) is 4.72. The average Bonchev–Trinajstić information content (AvgIpc) is 2.30. The van der Waals surface area contributed by atoms with E-state index in [0.29, 0.717) is 5.69 Å². The van der Waals surface area contributed by atoms with E-state index < -0.39 is 5.91 Å². The van der Waals surface area contributed by atoms with Gasteiger partial charge in [-0.2, -0.15) is 0 Å². The van der Waals surface area contributed by atoms with Crippen molar-refractivity contribution in [1.29, 1.82) is 0 Å². The summed E-state index contributed by atoms with van der Waals surface area (Å²) in [5.74, 6) is -0.522. The number of hydrogen-bond acceptors (Lipinski definition) is 2. The van der Waals surface area contributed by atoms with Crippen LogP contribution in [0.1, 0.15) is 5.69 Å². The predicted molar refractivity (Wildman–Crippen MR) is 59.6 cm³/mol. The second kappa shape index (κ2) is 4.42. The summed E-state index contributed by atoms with van der Waals surface area (Å²) >= 11 is 0. The SMILES string of the molecule is [N-]=[N+]=NC(=O)Cc1nccc2ccccc12. The Hall–Kier alpha value is -2.39. The molecule has 0 N–H and O–H groups in total. The quantitative estimate of drug-likeness (QED) is 0.435. The van der Waals surface area contributed by atoms with Gasteiger partial charge in [0.2, 0.25) is 5.91 Å². The molecule has 0 bridgehead atoms. The lowest BCUT2D eigenvalue weighted by Crippen LogP contribution is -2.00. The maximum atomic E-state index is 11.2. The van der Waals surface area contributed by atoms with Crippen molar-refractivity contribution in [2.24, 2.45) is 5.11 Å². The first kappa shape index (κ1) is 10.1. The van der Waals surface area contributed by atoms with Gasteiger partial charge in [0.05, 0.1) is 12.1 Å². The smallest absolute Gasteiger partial charge is 0.224 e. The molecule has 0 aliphatic heterocycles. The molecule has 0 saturated carbocycles. The summed E-state index contributed by atoms with van der Waals surface area (Å²) in [5, 5.41) is 4.95. The molecule has 16 heavy (non-hydrogen) atoms. The summed E-state index contributed by atoms with van der Waals surface area (Å²) in [6.45, 7) is 0. The third-order valence-electron chi connectivity index (χ3n) is 2.23. The molecule has 1 aromatic carbocycles. The van der Waals surface area contributed by atoms with E-state index >= 15 is 0 Å². The van der Waals surface area contributed by atoms with Crippen molar-refractivity contribution in [2.75, 3.05) is 0 Å². The fourth-order valence-electron chi connectivity index (χ4n) is 1.55. The van der Waals surface area contributed by atoms with Crippen molar-refractivity contribution in [3.05, 3.63) is 52.7 Å². The van der Waals surface area contributed by atoms with Crippen LogP contribution < -0.4 is 0 Å². The Morgan fingerprint density at radius 2 is 2.19 bits per heavy atom. The number of benzene rings is 1. The summed E-state index contributed by atoms with van der Waals surface area (Å²) in [6.07, 6.45) is 1.67. The molecule has 0 unspecified atom stereocenters. The molecule has 1 heterocycles. The van der Waals surface area contributed by atoms with E-state index in [1.54, 1.807) is 6.20 Å². The van der Waals surface area contributed by atoms with Crippen LogP contribution in [0.5, 0.6) is 0 Å². The Morgan fingerprint density at radius 1 is 1.38 bits per heavy atom. The minimum atomic E-state index is -0.522. The monoisotopic (exact) mass is 212 g/mol. The highest BCUT2D eigenvalue weighted by Crippen LogP contribution is 2.16. The molecule has 2 aromatic rings. The number of amides is 1. The van der Waals surface area contributed by atoms with Crippen molar-refractivity contribution in [3.8, 4) is 0 Å². The molecule has 2 rings (SSSR count). The van der Waals surface area contributed by atoms with Gasteiger partial charge in [0.25, 0.3) is 0 Å². The van der Waals surface area contributed by atoms with Crippen LogP contribution >= 0.6 is 0 Å². The molecule has 0 radical (unpaired) electrons. The maximum Gasteiger partial charge on any atom is 0.224 e. The molecular formula is C11H8N4O. The molecule has 0 aliphatic rings. The third-order valence-corrected chi connectivity index (χ3v) is 2.23. The van der Waals surface area contributed by atoms with E-state index in [4.69, 9.17) is 5.53 Å². The number of azide groups is 1. The normalized spacial score (nSPS) is 9.75. The standard InChI is InChI=1S/C11H8N4O/c12-15-14-11(16)7-10-9-4-2-1-3-8(9)5-6-13-10/h1-6H,7H2. The molecule has 5 heteroatoms. The first-order chi connectivity index (χ1) is 7.81. The minimum Gasteiger partial charge on any atom is -0.292 e. The summed E-state index contributed by atoms with van der Waals surface area (Å²) in [5.41, 5.74) is 8.78. The number of hydrogen-bond donors (Lipinski definition) is 0. The molecule has 0 spiro atoms. The number of aromatic nitrogens is 1. The largest absolute Gasteiger partial charge is 0.292 e. The molecular weight excluding hydrogens is 204 g/mol. The van der Waals surface area contributed by atoms with Crippen molar-refractivity contribution in [1.82, 2.24) is 4.98 Å². The number of carbonyl (C=O) groups is 1. The zero-order valence-electron chi connectivity index (χ0n) is 8.37. The zero-order valence-corrected chi connectivity index (χ0v) is 8.37. The summed E-state index contributed by atoms with van der Waals surface area (Å²) in [6, 6.07) is 9.50. The Balaban J connectivity index is 2.44. The van der Waals surface area contributed by atoms with Crippen LogP contribution in [0.2, 0.25) is 0 Å². The van der Waals surface area contributed by atoms with E-state index in [1.807, 2.05) is 30.3 Å². The highest BCUT2D eigenvalue weighted by molar-refractivity contribution is 5.89. The van der Waals surface area contributed by atoms with Crippen molar-refractivity contribution >= 4 is 16.7 Å². The fourth-order valence-corrected chi connectivity index (χ4v) is 1.55. The second-order valence-corrected chi connectivity index (χ2v) is 3.24. The van der Waals surface area contributed by atoms with E-state index in [1.165, 1.54) is 0 Å². The van der Waals surface area contributed by atoms with Gasteiger partial charge < -0.3 is 0 Å². The van der Waals surface area contributed by atoms with Gasteiger partial charge in [-0.3, -0.25) is 9.78 Å². The number of carbonyl (C=O) groups excluding carboxylic acids is 1. The van der Waals surface area contributed by atoms with E-state index in [0.717, 1.165) is 10.8 Å². The molecule has 1 aromatic heterocycles. The second-order valence-electron chi connectivity index (χ2n) is 3.24. The van der Waals surface area contributed by atoms with Gasteiger partial charge in [-0.05, 0) is 22.1 Å². The highest BCUT2D eigenvalue weighted by atomic mass is 16.1. The number of pyridine rings is 1. The lowest BCUT2D eigenvalue weighted by Gasteiger charge is -2.02. The number of rotatable bonds is 2. The van der Waals surface area contributed by atoms with E-state index in [2.05, 4.69) is 15.0 Å².